The van der Waals surface area contributed by atoms with Gasteiger partial charge in [-0.2, -0.15) is 0 Å². The fourth-order valence-electron chi connectivity index (χ4n) is 8.95. The molecule has 1 amide bonds. The van der Waals surface area contributed by atoms with Crippen molar-refractivity contribution in [2.45, 2.75) is 127 Å². The van der Waals surface area contributed by atoms with Gasteiger partial charge < -0.3 is 84.0 Å². The van der Waals surface area contributed by atoms with Gasteiger partial charge in [0.2, 0.25) is 29.4 Å². The Labute approximate surface area is 717 Å². The number of nitrogens with two attached hydrogens (primary N) is 1. The van der Waals surface area contributed by atoms with Gasteiger partial charge in [-0.25, -0.2) is 101 Å². The zero-order valence-corrected chi connectivity index (χ0v) is 69.7. The predicted molar refractivity (Wildman–Crippen MR) is 447 cm³/mol. The molecule has 7 N–H and O–H groups in total. The van der Waals surface area contributed by atoms with Gasteiger partial charge >= 0.3 is 36.3 Å². The number of carboxylic acid groups (broad SMARTS) is 1. The Bertz CT molecular complexity index is 5050. The summed E-state index contributed by atoms with van der Waals surface area (Å²) in [5, 5.41) is 26.6. The van der Waals surface area contributed by atoms with E-state index in [1.807, 2.05) is 0 Å². The minimum absolute atomic E-state index is 0. The lowest BCUT2D eigenvalue weighted by atomic mass is 10.2. The molecule has 10 heterocycles. The highest BCUT2D eigenvalue weighted by atomic mass is 19.1. The molecule has 0 saturated heterocycles. The summed E-state index contributed by atoms with van der Waals surface area (Å²) in [5.41, 5.74) is 7.31. The first kappa shape index (κ1) is 106. The van der Waals surface area contributed by atoms with Crippen molar-refractivity contribution in [2.75, 3.05) is 76.4 Å². The number of methoxy groups -OCH3 is 7. The number of aliphatic hydroxyl groups is 1. The van der Waals surface area contributed by atoms with E-state index in [0.29, 0.717) is 106 Å². The second-order valence-electron chi connectivity index (χ2n) is 27.2. The zero-order valence-electron chi connectivity index (χ0n) is 69.7. The normalized spacial score (nSPS) is 10.2. The Morgan fingerprint density at radius 1 is 0.424 bits per heavy atom. The lowest BCUT2D eigenvalue weighted by Crippen LogP contribution is -2.37. The van der Waals surface area contributed by atoms with E-state index < -0.39 is 82.2 Å². The van der Waals surface area contributed by atoms with Crippen LogP contribution in [-0.4, -0.2) is 176 Å². The number of carbonyl (C=O) groups is 8. The van der Waals surface area contributed by atoms with Gasteiger partial charge in [-0.05, 0) is 153 Å². The van der Waals surface area contributed by atoms with Crippen molar-refractivity contribution < 1.29 is 123 Å². The molecule has 0 aliphatic rings. The number of hydrogen-bond donors (Lipinski definition) is 6. The summed E-state index contributed by atoms with van der Waals surface area (Å²) in [4.78, 5) is 129. The van der Waals surface area contributed by atoms with Gasteiger partial charge in [0.1, 0.15) is 75.0 Å². The van der Waals surface area contributed by atoms with Crippen LogP contribution in [0.4, 0.5) is 65.4 Å². The highest BCUT2D eigenvalue weighted by molar-refractivity contribution is 5.90. The van der Waals surface area contributed by atoms with E-state index >= 15 is 0 Å². The zero-order chi connectivity index (χ0) is 91.6. The van der Waals surface area contributed by atoms with Crippen molar-refractivity contribution in [3.8, 4) is 29.4 Å². The standard InChI is InChI=1S/C18H20FN3O4.C14H14FN3O3.C13H12FN3O3.C13H14FN3O2.C10H18O5.C7H6FNO2.C7H8N2O2.2CH4/c1-18(2,3)26-17(24)22(15-6-5-12(11-23)8-20-15)10-13-7-14(19)9-21-16(13)25-4;1-20-13-10(5-11(15)8-18-13)7-17-12-4-3-9(6-16-12)14(19)21-2;1-20-12-9(4-10(14)7-17-12)6-16-11-3-2-8(5-15-11)13(18)19;1-19-13-10(4-11(14)7-17-13)6-16-12-3-2-9(8-18)5-15-12;1-9(2,3)14-7(11)13-8(12)15-10(4,5)6;1-11-7-5(4-10)2-6(8)3-9-7;1-11-7(10)5-2-3-6(8)9-4-5;;/h5-9,11H,10H2,1-4H3;3-6,8H,7H2,1-2H3,(H,16,17);2-5,7H,6H2,1H3,(H,15,16)(H,18,19);2-5,7,18H,6,8H2,1H3,(H,15,16);1-6H3;2-4H,1H3;2-4H,1H3,(H2,8,9);2*1H4. The number of carbonyl (C=O) groups excluding carboxylic acids is 7. The summed E-state index contributed by atoms with van der Waals surface area (Å²) in [6.07, 6.45) is 10.6. The van der Waals surface area contributed by atoms with Crippen LogP contribution in [-0.2, 0) is 61.2 Å². The number of rotatable bonds is 23. The van der Waals surface area contributed by atoms with E-state index in [1.165, 1.54) is 128 Å². The number of aliphatic hydroxyl groups excluding tert-OH is 1. The van der Waals surface area contributed by atoms with Crippen molar-refractivity contribution in [1.29, 1.82) is 0 Å². The number of pyridine rings is 10. The quantitative estimate of drug-likeness (QED) is 0.0114. The lowest BCUT2D eigenvalue weighted by Gasteiger charge is -2.27. The number of nitrogens with one attached hydrogen (secondary N) is 3. The van der Waals surface area contributed by atoms with Crippen molar-refractivity contribution in [2.24, 2.45) is 0 Å². The van der Waals surface area contributed by atoms with Crippen LogP contribution in [0.25, 0.3) is 0 Å². The van der Waals surface area contributed by atoms with Crippen molar-refractivity contribution in [1.82, 2.24) is 49.8 Å². The van der Waals surface area contributed by atoms with Gasteiger partial charge in [0.15, 0.2) is 12.6 Å². The molecule has 0 spiro atoms. The van der Waals surface area contributed by atoms with Crippen LogP contribution in [0.1, 0.15) is 157 Å². The van der Waals surface area contributed by atoms with Crippen molar-refractivity contribution >= 4 is 78.0 Å². The Kier molecular flexibility index (Phi) is 45.0. The van der Waals surface area contributed by atoms with Crippen molar-refractivity contribution in [3.63, 3.8) is 0 Å². The maximum absolute atomic E-state index is 13.6. The number of nitrogens with zero attached hydrogens (tertiary/aromatic N) is 11. The molecule has 36 nitrogen and oxygen atoms in total. The van der Waals surface area contributed by atoms with E-state index in [2.05, 4.69) is 84.7 Å². The first-order chi connectivity index (χ1) is 58.2. The SMILES string of the molecule is C.C.CC(C)(C)OC(=O)OC(=O)OC(C)(C)C.COC(=O)c1ccc(N)nc1.COC(=O)c1ccc(NCc2cc(F)cnc2OC)nc1.COc1ncc(F)cc1C=O.COc1ncc(F)cc1CN(C(=O)OC(C)(C)C)c1ccc(C=O)cn1.COc1ncc(F)cc1CNc1ccc(C(=O)O)cn1.COc1ncc(F)cc1CNc1ccc(CO)cn1. The molecule has 672 valence electrons. The molecule has 0 saturated carbocycles. The number of esters is 2. The Morgan fingerprint density at radius 3 is 1.11 bits per heavy atom. The minimum Gasteiger partial charge on any atom is -0.481 e. The molecule has 0 bridgehead atoms. The van der Waals surface area contributed by atoms with Gasteiger partial charge in [-0.1, -0.05) is 20.9 Å². The summed E-state index contributed by atoms with van der Waals surface area (Å²) in [6.45, 7) is 16.0. The third kappa shape index (κ3) is 39.4. The fourth-order valence-corrected chi connectivity index (χ4v) is 8.95. The molecule has 10 aromatic rings. The number of amides is 1. The van der Waals surface area contributed by atoms with Gasteiger partial charge in [0.05, 0.1) is 116 Å². The summed E-state index contributed by atoms with van der Waals surface area (Å²) in [7, 11) is 9.79. The molecule has 10 rings (SSSR count). The Balaban J connectivity index is 0.000000501. The number of aldehydes is 2. The highest BCUT2D eigenvalue weighted by Crippen LogP contribution is 2.26. The van der Waals surface area contributed by atoms with Crippen LogP contribution in [0.3, 0.4) is 0 Å². The molecule has 41 heteroatoms. The predicted octanol–water partition coefficient (Wildman–Crippen LogP) is 14.7. The molecular weight excluding hydrogens is 1650 g/mol. The topological polar surface area (TPSA) is 473 Å². The number of halogens is 5. The molecule has 0 fully saturated rings. The average Bonchev–Trinajstić information content (AvgIpc) is 0.826. The van der Waals surface area contributed by atoms with E-state index in [1.54, 1.807) is 105 Å². The van der Waals surface area contributed by atoms with E-state index in [9.17, 15) is 60.3 Å². The van der Waals surface area contributed by atoms with Gasteiger partial charge in [0, 0.05) is 78.4 Å². The number of nitrogen functional groups attached to an aromatic ring is 1. The Hall–Kier alpha value is -14.9. The first-order valence-corrected chi connectivity index (χ1v) is 36.0. The van der Waals surface area contributed by atoms with E-state index in [4.69, 9.17) is 49.1 Å². The minimum atomic E-state index is -1.06. The van der Waals surface area contributed by atoms with Crippen LogP contribution in [0.15, 0.2) is 153 Å². The third-order valence-electron chi connectivity index (χ3n) is 14.4. The number of anilines is 5. The van der Waals surface area contributed by atoms with Crippen LogP contribution in [0.5, 0.6) is 29.4 Å². The third-order valence-corrected chi connectivity index (χ3v) is 14.4. The summed E-state index contributed by atoms with van der Waals surface area (Å²) in [6, 6.07) is 22.1. The summed E-state index contributed by atoms with van der Waals surface area (Å²) >= 11 is 0. The number of hydrogen-bond acceptors (Lipinski definition) is 34. The highest BCUT2D eigenvalue weighted by Gasteiger charge is 2.28. The summed E-state index contributed by atoms with van der Waals surface area (Å²) in [5.74, 6) is -0.695. The largest absolute Gasteiger partial charge is 0.519 e. The smallest absolute Gasteiger partial charge is 0.481 e. The number of aromatic nitrogens is 10. The van der Waals surface area contributed by atoms with Gasteiger partial charge in [-0.3, -0.25) is 14.5 Å². The van der Waals surface area contributed by atoms with Gasteiger partial charge in [0.25, 0.3) is 0 Å². The number of carboxylic acids is 1. The molecule has 10 aromatic heterocycles. The van der Waals surface area contributed by atoms with Crippen LogP contribution in [0.2, 0.25) is 0 Å². The summed E-state index contributed by atoms with van der Waals surface area (Å²) < 4.78 is 119. The molecule has 0 atom stereocenters. The fraction of sp³-hybridized carbons (Fsp3) is 0.310. The molecule has 0 aromatic carbocycles. The Morgan fingerprint density at radius 2 is 0.792 bits per heavy atom. The molecule has 0 aliphatic heterocycles. The monoisotopic (exact) mass is 1750 g/mol. The van der Waals surface area contributed by atoms with E-state index in [-0.39, 0.29) is 63.3 Å². The second kappa shape index (κ2) is 53.0. The average molecular weight is 1750 g/mol. The van der Waals surface area contributed by atoms with Gasteiger partial charge in [-0.15, -0.1) is 0 Å². The molecular formula is C84H100F5N15O21. The molecule has 0 aliphatic carbocycles. The van der Waals surface area contributed by atoms with Crippen LogP contribution in [0, 0.1) is 29.1 Å². The second-order valence-corrected chi connectivity index (χ2v) is 27.2. The molecule has 0 unspecified atom stereocenters. The van der Waals surface area contributed by atoms with Crippen LogP contribution < -0.4 is 50.3 Å². The first-order valence-electron chi connectivity index (χ1n) is 36.0. The molecule has 125 heavy (non-hydrogen) atoms. The van der Waals surface area contributed by atoms with Crippen LogP contribution >= 0.6 is 0 Å². The maximum Gasteiger partial charge on any atom is 0.519 e. The molecule has 0 radical (unpaired) electrons. The maximum atomic E-state index is 13.6. The van der Waals surface area contributed by atoms with Crippen molar-refractivity contribution in [3.05, 3.63) is 238 Å². The van der Waals surface area contributed by atoms with E-state index in [0.717, 1.165) is 42.6 Å². The number of ether oxygens (including phenoxy) is 11. The lowest BCUT2D eigenvalue weighted by molar-refractivity contribution is -0.0295. The number of aromatic carboxylic acids is 1.